The van der Waals surface area contributed by atoms with E-state index in [4.69, 9.17) is 11.6 Å². The van der Waals surface area contributed by atoms with Crippen molar-refractivity contribution in [3.05, 3.63) is 77.2 Å². The Morgan fingerprint density at radius 3 is 2.55 bits per heavy atom. The van der Waals surface area contributed by atoms with Crippen molar-refractivity contribution in [3.8, 4) is 0 Å². The number of rotatable bonds is 5. The zero-order chi connectivity index (χ0) is 21.2. The van der Waals surface area contributed by atoms with Gasteiger partial charge in [0.25, 0.3) is 0 Å². The van der Waals surface area contributed by atoms with E-state index >= 15 is 0 Å². The maximum absolute atomic E-state index is 13.3. The molecule has 1 heterocycles. The van der Waals surface area contributed by atoms with E-state index in [-0.39, 0.29) is 17.1 Å². The number of halogens is 1. The molecule has 1 aliphatic carbocycles. The molecule has 5 nitrogen and oxygen atoms in total. The van der Waals surface area contributed by atoms with E-state index in [1.165, 1.54) is 6.08 Å². The second kappa shape index (κ2) is 8.51. The summed E-state index contributed by atoms with van der Waals surface area (Å²) in [7, 11) is 0.00528. The molecule has 2 aromatic rings. The Bertz CT molecular complexity index is 1080. The van der Waals surface area contributed by atoms with E-state index in [0.29, 0.717) is 21.9 Å². The van der Waals surface area contributed by atoms with Crippen LogP contribution in [0.2, 0.25) is 5.02 Å². The molecule has 29 heavy (non-hydrogen) atoms. The van der Waals surface area contributed by atoms with E-state index < -0.39 is 21.0 Å². The number of fused-ring (bicyclic) bond motifs is 1. The summed E-state index contributed by atoms with van der Waals surface area (Å²) in [5.74, 6) is -0.673. The van der Waals surface area contributed by atoms with E-state index in [2.05, 4.69) is 4.98 Å². The normalized spacial score (nSPS) is 19.4. The van der Waals surface area contributed by atoms with Crippen LogP contribution in [0.3, 0.4) is 0 Å². The van der Waals surface area contributed by atoms with Crippen molar-refractivity contribution in [2.45, 2.75) is 29.4 Å². The number of allylic oxidation sites excluding steroid dienone is 3. The molecule has 2 atom stereocenters. The third-order valence-electron chi connectivity index (χ3n) is 5.00. The van der Waals surface area contributed by atoms with Crippen LogP contribution in [0.1, 0.15) is 30.5 Å². The summed E-state index contributed by atoms with van der Waals surface area (Å²) in [6.07, 6.45) is 6.54. The van der Waals surface area contributed by atoms with Crippen LogP contribution in [0, 0.1) is 0 Å². The predicted molar refractivity (Wildman–Crippen MR) is 116 cm³/mol. The molecule has 2 unspecified atom stereocenters. The fourth-order valence-electron chi connectivity index (χ4n) is 3.49. The third kappa shape index (κ3) is 4.28. The zero-order valence-electron chi connectivity index (χ0n) is 16.5. The van der Waals surface area contributed by atoms with Crippen LogP contribution < -0.4 is 0 Å². The smallest absolute Gasteiger partial charge is 0.187 e. The molecule has 3 rings (SSSR count). The lowest BCUT2D eigenvalue weighted by Crippen LogP contribution is -2.27. The predicted octanol–water partition coefficient (Wildman–Crippen LogP) is 4.11. The van der Waals surface area contributed by atoms with Gasteiger partial charge < -0.3 is 4.90 Å². The highest BCUT2D eigenvalue weighted by Gasteiger charge is 2.37. The van der Waals surface area contributed by atoms with Gasteiger partial charge >= 0.3 is 0 Å². The summed E-state index contributed by atoms with van der Waals surface area (Å²) >= 11 is 6.44. The van der Waals surface area contributed by atoms with Crippen LogP contribution in [0.15, 0.2) is 65.8 Å². The number of nitrogens with zero attached hydrogens (tertiary/aromatic N) is 2. The molecule has 0 aliphatic heterocycles. The second-order valence-electron chi connectivity index (χ2n) is 7.24. The van der Waals surface area contributed by atoms with Gasteiger partial charge in [0.05, 0.1) is 20.9 Å². The van der Waals surface area contributed by atoms with Crippen LogP contribution >= 0.6 is 11.6 Å². The maximum atomic E-state index is 13.3. The van der Waals surface area contributed by atoms with Crippen LogP contribution in [-0.4, -0.2) is 43.4 Å². The first-order chi connectivity index (χ1) is 13.7. The summed E-state index contributed by atoms with van der Waals surface area (Å²) in [6, 6.07) is 9.99. The number of hydrogen-bond acceptors (Lipinski definition) is 5. The van der Waals surface area contributed by atoms with E-state index in [1.54, 1.807) is 59.8 Å². The van der Waals surface area contributed by atoms with Crippen molar-refractivity contribution < 1.29 is 13.2 Å². The molecule has 1 aliphatic rings. The van der Waals surface area contributed by atoms with Gasteiger partial charge in [0.15, 0.2) is 15.6 Å². The van der Waals surface area contributed by atoms with Gasteiger partial charge in [0, 0.05) is 49.6 Å². The molecule has 0 bridgehead atoms. The van der Waals surface area contributed by atoms with Gasteiger partial charge in [-0.15, -0.1) is 0 Å². The Kier molecular flexibility index (Phi) is 6.24. The van der Waals surface area contributed by atoms with Gasteiger partial charge in [-0.05, 0) is 24.6 Å². The highest BCUT2D eigenvalue weighted by Crippen LogP contribution is 2.40. The van der Waals surface area contributed by atoms with Crippen molar-refractivity contribution in [1.29, 1.82) is 0 Å². The highest BCUT2D eigenvalue weighted by atomic mass is 35.5. The molecule has 0 amide bonds. The number of hydrogen-bond donors (Lipinski definition) is 0. The summed E-state index contributed by atoms with van der Waals surface area (Å²) in [5, 5.41) is -0.366. The number of aromatic nitrogens is 1. The lowest BCUT2D eigenvalue weighted by molar-refractivity contribution is -0.109. The molecule has 152 valence electrons. The SMILES string of the molecule is CC1c2nccc(Cl)c2C(C(=O)C=CN(C)C)=CCC1S(=O)(=O)c1ccccc1. The number of carbonyl (C=O) groups is 1. The average molecular weight is 431 g/mol. The van der Waals surface area contributed by atoms with Crippen molar-refractivity contribution in [2.75, 3.05) is 14.1 Å². The first-order valence-electron chi connectivity index (χ1n) is 9.26. The van der Waals surface area contributed by atoms with E-state index in [9.17, 15) is 13.2 Å². The molecule has 7 heteroatoms. The molecule has 0 fully saturated rings. The minimum Gasteiger partial charge on any atom is -0.383 e. The highest BCUT2D eigenvalue weighted by molar-refractivity contribution is 7.92. The molecule has 0 saturated carbocycles. The Labute approximate surface area is 176 Å². The number of sulfone groups is 1. The number of benzene rings is 1. The molecular formula is C22H23ClN2O3S. The number of ketones is 1. The van der Waals surface area contributed by atoms with Gasteiger partial charge in [-0.25, -0.2) is 8.42 Å². The minimum absolute atomic E-state index is 0.196. The van der Waals surface area contributed by atoms with Crippen LogP contribution in [0.5, 0.6) is 0 Å². The molecular weight excluding hydrogens is 408 g/mol. The van der Waals surface area contributed by atoms with Crippen molar-refractivity contribution in [2.24, 2.45) is 0 Å². The van der Waals surface area contributed by atoms with Gasteiger partial charge in [0.1, 0.15) is 0 Å². The number of pyridine rings is 1. The fraction of sp³-hybridized carbons (Fsp3) is 0.273. The topological polar surface area (TPSA) is 67.3 Å². The molecule has 0 N–H and O–H groups in total. The summed E-state index contributed by atoms with van der Waals surface area (Å²) in [6.45, 7) is 1.82. The Morgan fingerprint density at radius 1 is 1.21 bits per heavy atom. The summed E-state index contributed by atoms with van der Waals surface area (Å²) in [4.78, 5) is 19.3. The lowest BCUT2D eigenvalue weighted by atomic mass is 9.95. The van der Waals surface area contributed by atoms with E-state index in [1.807, 2.05) is 21.0 Å². The van der Waals surface area contributed by atoms with Crippen molar-refractivity contribution >= 4 is 32.8 Å². The fourth-order valence-corrected chi connectivity index (χ4v) is 5.65. The first-order valence-corrected chi connectivity index (χ1v) is 11.2. The quantitative estimate of drug-likeness (QED) is 0.667. The minimum atomic E-state index is -3.63. The largest absolute Gasteiger partial charge is 0.383 e. The van der Waals surface area contributed by atoms with Crippen molar-refractivity contribution in [3.63, 3.8) is 0 Å². The molecule has 0 saturated heterocycles. The Hall–Kier alpha value is -2.44. The van der Waals surface area contributed by atoms with Gasteiger partial charge in [-0.2, -0.15) is 0 Å². The van der Waals surface area contributed by atoms with Gasteiger partial charge in [0.2, 0.25) is 0 Å². The molecule has 0 spiro atoms. The zero-order valence-corrected chi connectivity index (χ0v) is 18.1. The molecule has 0 radical (unpaired) electrons. The van der Waals surface area contributed by atoms with Crippen LogP contribution in [0.4, 0.5) is 0 Å². The number of carbonyl (C=O) groups excluding carboxylic acids is 1. The molecule has 1 aromatic heterocycles. The van der Waals surface area contributed by atoms with Gasteiger partial charge in [-0.1, -0.05) is 42.8 Å². The Balaban J connectivity index is 2.14. The lowest BCUT2D eigenvalue weighted by Gasteiger charge is -2.22. The molecule has 1 aromatic carbocycles. The van der Waals surface area contributed by atoms with E-state index in [0.717, 1.165) is 0 Å². The van der Waals surface area contributed by atoms with Gasteiger partial charge in [-0.3, -0.25) is 9.78 Å². The summed E-state index contributed by atoms with van der Waals surface area (Å²) < 4.78 is 26.7. The van der Waals surface area contributed by atoms with Crippen LogP contribution in [-0.2, 0) is 14.6 Å². The second-order valence-corrected chi connectivity index (χ2v) is 9.81. The standard InChI is InChI=1S/C22H23ClN2O3S/c1-15-20(29(27,28)16-7-5-4-6-8-16)10-9-17(19(26)12-14-25(2)3)21-18(23)11-13-24-22(15)21/h4-9,11-15,20H,10H2,1-3H3. The Morgan fingerprint density at radius 2 is 1.90 bits per heavy atom. The third-order valence-corrected chi connectivity index (χ3v) is 7.64. The average Bonchev–Trinajstić information content (AvgIpc) is 2.85. The first kappa shape index (κ1) is 21.3. The maximum Gasteiger partial charge on any atom is 0.187 e. The van der Waals surface area contributed by atoms with Crippen LogP contribution in [0.25, 0.3) is 5.57 Å². The summed E-state index contributed by atoms with van der Waals surface area (Å²) in [5.41, 5.74) is 1.42. The van der Waals surface area contributed by atoms with Crippen molar-refractivity contribution in [1.82, 2.24) is 9.88 Å². The monoisotopic (exact) mass is 430 g/mol.